The lowest BCUT2D eigenvalue weighted by molar-refractivity contribution is -0.140. The summed E-state index contributed by atoms with van der Waals surface area (Å²) in [6.07, 6.45) is -0.750. The fourth-order valence-electron chi connectivity index (χ4n) is 2.07. The van der Waals surface area contributed by atoms with Crippen LogP contribution in [0, 0.1) is 12.8 Å². The van der Waals surface area contributed by atoms with E-state index >= 15 is 0 Å². The number of aryl methyl sites for hydroxylation is 1. The van der Waals surface area contributed by atoms with E-state index in [2.05, 4.69) is 5.32 Å². The number of aliphatic hydroxyl groups is 1. The predicted molar refractivity (Wildman–Crippen MR) is 77.0 cm³/mol. The van der Waals surface area contributed by atoms with Gasteiger partial charge in [-0.1, -0.05) is 19.9 Å². The number of benzene rings is 1. The van der Waals surface area contributed by atoms with Gasteiger partial charge < -0.3 is 20.3 Å². The summed E-state index contributed by atoms with van der Waals surface area (Å²) in [7, 11) is 1.60. The fourth-order valence-corrected chi connectivity index (χ4v) is 2.07. The van der Waals surface area contributed by atoms with Crippen LogP contribution >= 0.6 is 0 Å². The van der Waals surface area contributed by atoms with E-state index in [1.54, 1.807) is 19.2 Å². The van der Waals surface area contributed by atoms with Crippen molar-refractivity contribution in [3.8, 4) is 5.75 Å². The number of carboxylic acids is 1. The summed E-state index contributed by atoms with van der Waals surface area (Å²) < 4.78 is 5.17. The second-order valence-corrected chi connectivity index (χ2v) is 5.21. The molecule has 0 aliphatic heterocycles. The summed E-state index contributed by atoms with van der Waals surface area (Å²) in [4.78, 5) is 11.1. The summed E-state index contributed by atoms with van der Waals surface area (Å²) in [5.41, 5.74) is 1.67. The molecule has 0 aromatic heterocycles. The smallest absolute Gasteiger partial charge is 0.320 e. The van der Waals surface area contributed by atoms with Crippen molar-refractivity contribution in [3.05, 3.63) is 29.3 Å². The average Bonchev–Trinajstić information content (AvgIpc) is 2.37. The van der Waals surface area contributed by atoms with Crippen molar-refractivity contribution < 1.29 is 19.7 Å². The van der Waals surface area contributed by atoms with E-state index in [1.807, 2.05) is 26.8 Å². The van der Waals surface area contributed by atoms with Crippen LogP contribution in [0.3, 0.4) is 0 Å². The largest absolute Gasteiger partial charge is 0.496 e. The van der Waals surface area contributed by atoms with Crippen molar-refractivity contribution in [3.63, 3.8) is 0 Å². The summed E-state index contributed by atoms with van der Waals surface area (Å²) >= 11 is 0. The fraction of sp³-hybridized carbons (Fsp3) is 0.533. The number of rotatable bonds is 7. The number of hydrogen-bond acceptors (Lipinski definition) is 4. The molecule has 20 heavy (non-hydrogen) atoms. The highest BCUT2D eigenvalue weighted by Crippen LogP contribution is 2.22. The van der Waals surface area contributed by atoms with Gasteiger partial charge in [-0.3, -0.25) is 4.79 Å². The molecular formula is C15H23NO4. The van der Waals surface area contributed by atoms with Crippen LogP contribution in [0.5, 0.6) is 5.75 Å². The monoisotopic (exact) mass is 281 g/mol. The van der Waals surface area contributed by atoms with Crippen molar-refractivity contribution in [2.75, 3.05) is 13.7 Å². The molecule has 0 aliphatic carbocycles. The van der Waals surface area contributed by atoms with E-state index in [-0.39, 0.29) is 12.5 Å². The quantitative estimate of drug-likeness (QED) is 0.709. The first kappa shape index (κ1) is 16.5. The number of methoxy groups -OCH3 is 1. The van der Waals surface area contributed by atoms with E-state index < -0.39 is 18.1 Å². The van der Waals surface area contributed by atoms with Gasteiger partial charge in [0.25, 0.3) is 0 Å². The zero-order valence-corrected chi connectivity index (χ0v) is 12.4. The maximum atomic E-state index is 11.1. The summed E-state index contributed by atoms with van der Waals surface area (Å²) in [5.74, 6) is -0.185. The van der Waals surface area contributed by atoms with E-state index in [9.17, 15) is 9.90 Å². The third kappa shape index (κ3) is 4.21. The van der Waals surface area contributed by atoms with E-state index in [4.69, 9.17) is 9.84 Å². The molecule has 5 heteroatoms. The van der Waals surface area contributed by atoms with Gasteiger partial charge in [-0.15, -0.1) is 0 Å². The minimum Gasteiger partial charge on any atom is -0.496 e. The van der Waals surface area contributed by atoms with Crippen LogP contribution in [0.1, 0.15) is 31.1 Å². The molecule has 0 radical (unpaired) electrons. The Bertz CT molecular complexity index is 459. The van der Waals surface area contributed by atoms with Crippen LogP contribution in [-0.2, 0) is 4.79 Å². The molecule has 2 atom stereocenters. The molecule has 0 spiro atoms. The summed E-state index contributed by atoms with van der Waals surface area (Å²) in [6.45, 7) is 5.75. The van der Waals surface area contributed by atoms with Crippen LogP contribution in [0.4, 0.5) is 0 Å². The molecule has 1 rings (SSSR count). The van der Waals surface area contributed by atoms with E-state index in [0.717, 1.165) is 16.9 Å². The molecule has 0 aliphatic rings. The van der Waals surface area contributed by atoms with E-state index in [0.29, 0.717) is 0 Å². The molecule has 1 aromatic rings. The molecule has 0 fully saturated rings. The molecule has 3 N–H and O–H groups in total. The number of carboxylic acid groups (broad SMARTS) is 1. The van der Waals surface area contributed by atoms with Gasteiger partial charge in [0.2, 0.25) is 0 Å². The molecule has 0 saturated carbocycles. The van der Waals surface area contributed by atoms with Gasteiger partial charge in [0.15, 0.2) is 0 Å². The lowest BCUT2D eigenvalue weighted by Crippen LogP contribution is -2.42. The van der Waals surface area contributed by atoms with E-state index in [1.165, 1.54) is 0 Å². The summed E-state index contributed by atoms with van der Waals surface area (Å²) in [6, 6.07) is 4.76. The minimum atomic E-state index is -0.905. The van der Waals surface area contributed by atoms with Crippen molar-refractivity contribution in [2.45, 2.75) is 32.9 Å². The van der Waals surface area contributed by atoms with Crippen LogP contribution in [-0.4, -0.2) is 35.9 Å². The van der Waals surface area contributed by atoms with Gasteiger partial charge in [0, 0.05) is 6.54 Å². The first-order valence-electron chi connectivity index (χ1n) is 6.65. The topological polar surface area (TPSA) is 78.8 Å². The highest BCUT2D eigenvalue weighted by Gasteiger charge is 2.22. The number of aliphatic carboxylic acids is 1. The Balaban J connectivity index is 2.69. The highest BCUT2D eigenvalue weighted by atomic mass is 16.5. The van der Waals surface area contributed by atoms with Crippen LogP contribution in [0.25, 0.3) is 0 Å². The van der Waals surface area contributed by atoms with Crippen molar-refractivity contribution in [2.24, 2.45) is 5.92 Å². The Kier molecular flexibility index (Phi) is 5.98. The molecule has 5 nitrogen and oxygen atoms in total. The number of ether oxygens (including phenoxy) is 1. The standard InChI is InChI=1S/C15H23NO4/c1-9(2)14(15(18)19)16-8-12(17)11-5-6-13(20-4)10(3)7-11/h5-7,9,12,14,16-17H,8H2,1-4H3,(H,18,19). The zero-order valence-electron chi connectivity index (χ0n) is 12.4. The first-order chi connectivity index (χ1) is 9.36. The van der Waals surface area contributed by atoms with Crippen molar-refractivity contribution in [1.82, 2.24) is 5.32 Å². The van der Waals surface area contributed by atoms with Gasteiger partial charge in [-0.25, -0.2) is 0 Å². The molecule has 0 saturated heterocycles. The first-order valence-corrected chi connectivity index (χ1v) is 6.65. The maximum Gasteiger partial charge on any atom is 0.320 e. The van der Waals surface area contributed by atoms with Crippen LogP contribution in [0.15, 0.2) is 18.2 Å². The van der Waals surface area contributed by atoms with Gasteiger partial charge in [-0.2, -0.15) is 0 Å². The molecule has 0 heterocycles. The number of carbonyl (C=O) groups is 1. The second kappa shape index (κ2) is 7.26. The SMILES string of the molecule is COc1ccc(C(O)CNC(C(=O)O)C(C)C)cc1C. The lowest BCUT2D eigenvalue weighted by Gasteiger charge is -2.20. The number of nitrogens with one attached hydrogen (secondary N) is 1. The predicted octanol–water partition coefficient (Wildman–Crippen LogP) is 1.74. The van der Waals surface area contributed by atoms with Crippen molar-refractivity contribution >= 4 is 5.97 Å². The number of hydrogen-bond donors (Lipinski definition) is 3. The minimum absolute atomic E-state index is 0.0442. The normalized spacial score (nSPS) is 14.1. The van der Waals surface area contributed by atoms with Gasteiger partial charge in [0.1, 0.15) is 11.8 Å². The average molecular weight is 281 g/mol. The van der Waals surface area contributed by atoms with Gasteiger partial charge in [-0.05, 0) is 36.1 Å². The summed E-state index contributed by atoms with van der Waals surface area (Å²) in [5, 5.41) is 22.1. The van der Waals surface area contributed by atoms with Crippen LogP contribution in [0.2, 0.25) is 0 Å². The van der Waals surface area contributed by atoms with Gasteiger partial charge in [0.05, 0.1) is 13.2 Å². The third-order valence-corrected chi connectivity index (χ3v) is 3.27. The molecule has 112 valence electrons. The number of aliphatic hydroxyl groups excluding tert-OH is 1. The zero-order chi connectivity index (χ0) is 15.3. The Morgan fingerprint density at radius 1 is 1.40 bits per heavy atom. The molecule has 2 unspecified atom stereocenters. The molecule has 0 bridgehead atoms. The highest BCUT2D eigenvalue weighted by molar-refractivity contribution is 5.73. The molecule has 0 amide bonds. The Labute approximate surface area is 119 Å². The molecular weight excluding hydrogens is 258 g/mol. The third-order valence-electron chi connectivity index (χ3n) is 3.27. The lowest BCUT2D eigenvalue weighted by atomic mass is 10.0. The Morgan fingerprint density at radius 3 is 2.50 bits per heavy atom. The molecule has 1 aromatic carbocycles. The van der Waals surface area contributed by atoms with Gasteiger partial charge >= 0.3 is 5.97 Å². The second-order valence-electron chi connectivity index (χ2n) is 5.21. The van der Waals surface area contributed by atoms with Crippen molar-refractivity contribution in [1.29, 1.82) is 0 Å². The Morgan fingerprint density at radius 2 is 2.05 bits per heavy atom. The maximum absolute atomic E-state index is 11.1. The Hall–Kier alpha value is -1.59. The van der Waals surface area contributed by atoms with Crippen LogP contribution < -0.4 is 10.1 Å².